The first kappa shape index (κ1) is 24.7. The largest absolute Gasteiger partial charge is 0.353 e. The van der Waals surface area contributed by atoms with Crippen molar-refractivity contribution in [3.05, 3.63) is 94.4 Å². The second-order valence-corrected chi connectivity index (χ2v) is 8.90. The summed E-state index contributed by atoms with van der Waals surface area (Å²) in [5.74, 6) is 0.00658. The van der Waals surface area contributed by atoms with Gasteiger partial charge >= 0.3 is 0 Å². The Balaban J connectivity index is 1.22. The Morgan fingerprint density at radius 2 is 1.74 bits per heavy atom. The van der Waals surface area contributed by atoms with Crippen LogP contribution in [0.25, 0.3) is 0 Å². The summed E-state index contributed by atoms with van der Waals surface area (Å²) >= 11 is 6.06. The molecule has 6 nitrogen and oxygen atoms in total. The highest BCUT2D eigenvalue weighted by molar-refractivity contribution is 6.31. The summed E-state index contributed by atoms with van der Waals surface area (Å²) in [6.07, 6.45) is 3.31. The van der Waals surface area contributed by atoms with E-state index in [4.69, 9.17) is 11.6 Å². The fourth-order valence-corrected chi connectivity index (χ4v) is 4.33. The number of hydrogen-bond donors (Lipinski definition) is 1. The molecule has 2 heterocycles. The van der Waals surface area contributed by atoms with Crippen LogP contribution >= 0.6 is 11.6 Å². The van der Waals surface area contributed by atoms with Crippen molar-refractivity contribution >= 4 is 29.2 Å². The molecule has 2 aromatic carbocycles. The van der Waals surface area contributed by atoms with Crippen LogP contribution in [0.15, 0.2) is 66.9 Å². The number of piperazine rings is 1. The molecule has 3 aromatic rings. The summed E-state index contributed by atoms with van der Waals surface area (Å²) in [4.78, 5) is 33.3. The lowest BCUT2D eigenvalue weighted by Gasteiger charge is -2.35. The Bertz CT molecular complexity index is 1130. The molecule has 0 spiro atoms. The summed E-state index contributed by atoms with van der Waals surface area (Å²) in [5, 5.41) is 3.21. The van der Waals surface area contributed by atoms with Crippen molar-refractivity contribution in [1.82, 2.24) is 15.2 Å². The second-order valence-electron chi connectivity index (χ2n) is 8.49. The van der Waals surface area contributed by atoms with Crippen LogP contribution in [0.3, 0.4) is 0 Å². The first-order chi connectivity index (χ1) is 17.0. The smallest absolute Gasteiger partial charge is 0.252 e. The minimum atomic E-state index is -0.464. The zero-order chi connectivity index (χ0) is 24.6. The summed E-state index contributed by atoms with van der Waals surface area (Å²) in [5.41, 5.74) is 2.01. The SMILES string of the molecule is O=C(NCCCc1ccccc1)c1ccc(N2CCN(C(=O)Cc3c(F)cccc3Cl)CC2)nc1. The van der Waals surface area contributed by atoms with Crippen molar-refractivity contribution in [2.45, 2.75) is 19.3 Å². The standard InChI is InChI=1S/C27H28ClFN4O2/c28-23-9-4-10-24(29)22(23)18-26(34)33-16-14-32(15-17-33)25-12-11-21(19-31-25)27(35)30-13-5-8-20-6-2-1-3-7-20/h1-4,6-7,9-12,19H,5,8,13-18H2,(H,30,35). The number of benzene rings is 2. The first-order valence-electron chi connectivity index (χ1n) is 11.7. The number of hydrogen-bond acceptors (Lipinski definition) is 4. The average molecular weight is 495 g/mol. The summed E-state index contributed by atoms with van der Waals surface area (Å²) < 4.78 is 14.0. The first-order valence-corrected chi connectivity index (χ1v) is 12.1. The molecule has 1 aliphatic rings. The third-order valence-electron chi connectivity index (χ3n) is 6.13. The highest BCUT2D eigenvalue weighted by Gasteiger charge is 2.23. The monoisotopic (exact) mass is 494 g/mol. The predicted octanol–water partition coefficient (Wildman–Crippen LogP) is 4.13. The molecule has 182 valence electrons. The summed E-state index contributed by atoms with van der Waals surface area (Å²) in [7, 11) is 0. The maximum atomic E-state index is 14.0. The molecule has 1 aromatic heterocycles. The lowest BCUT2D eigenvalue weighted by atomic mass is 10.1. The van der Waals surface area contributed by atoms with Gasteiger partial charge in [0, 0.05) is 49.5 Å². The minimum Gasteiger partial charge on any atom is -0.353 e. The number of pyridine rings is 1. The van der Waals surface area contributed by atoms with Gasteiger partial charge in [0.1, 0.15) is 11.6 Å². The molecular weight excluding hydrogens is 467 g/mol. The van der Waals surface area contributed by atoms with Crippen LogP contribution in [0.1, 0.15) is 27.9 Å². The number of aryl methyl sites for hydroxylation is 1. The lowest BCUT2D eigenvalue weighted by molar-refractivity contribution is -0.130. The van der Waals surface area contributed by atoms with Gasteiger partial charge < -0.3 is 15.1 Å². The van der Waals surface area contributed by atoms with E-state index < -0.39 is 5.82 Å². The van der Waals surface area contributed by atoms with Crippen molar-refractivity contribution in [2.24, 2.45) is 0 Å². The molecule has 1 fully saturated rings. The van der Waals surface area contributed by atoms with Gasteiger partial charge in [-0.05, 0) is 42.7 Å². The average Bonchev–Trinajstić information content (AvgIpc) is 2.89. The van der Waals surface area contributed by atoms with Gasteiger partial charge in [0.15, 0.2) is 0 Å². The Hall–Kier alpha value is -3.45. The van der Waals surface area contributed by atoms with E-state index in [0.29, 0.717) is 38.3 Å². The fourth-order valence-electron chi connectivity index (χ4n) is 4.10. The minimum absolute atomic E-state index is 0.0566. The molecular formula is C27H28ClFN4O2. The van der Waals surface area contributed by atoms with Crippen LogP contribution in [-0.4, -0.2) is 54.4 Å². The Labute approximate surface area is 209 Å². The Kier molecular flexibility index (Phi) is 8.32. The number of nitrogens with zero attached hydrogens (tertiary/aromatic N) is 3. The van der Waals surface area contributed by atoms with E-state index >= 15 is 0 Å². The van der Waals surface area contributed by atoms with Crippen molar-refractivity contribution in [2.75, 3.05) is 37.6 Å². The van der Waals surface area contributed by atoms with Crippen LogP contribution in [0.5, 0.6) is 0 Å². The van der Waals surface area contributed by atoms with Gasteiger partial charge in [-0.3, -0.25) is 9.59 Å². The van der Waals surface area contributed by atoms with Crippen LogP contribution < -0.4 is 10.2 Å². The van der Waals surface area contributed by atoms with Gasteiger partial charge in [-0.2, -0.15) is 0 Å². The molecule has 4 rings (SSSR count). The Morgan fingerprint density at radius 1 is 0.971 bits per heavy atom. The Morgan fingerprint density at radius 3 is 2.43 bits per heavy atom. The van der Waals surface area contributed by atoms with Gasteiger partial charge in [0.2, 0.25) is 5.91 Å². The molecule has 0 unspecified atom stereocenters. The quantitative estimate of drug-likeness (QED) is 0.478. The van der Waals surface area contributed by atoms with Crippen LogP contribution in [0, 0.1) is 5.82 Å². The maximum Gasteiger partial charge on any atom is 0.252 e. The highest BCUT2D eigenvalue weighted by Crippen LogP contribution is 2.21. The molecule has 0 radical (unpaired) electrons. The van der Waals surface area contributed by atoms with Crippen molar-refractivity contribution in [3.8, 4) is 0 Å². The molecule has 0 aliphatic carbocycles. The van der Waals surface area contributed by atoms with Crippen molar-refractivity contribution in [1.29, 1.82) is 0 Å². The van der Waals surface area contributed by atoms with Gasteiger partial charge in [0.25, 0.3) is 5.91 Å². The van der Waals surface area contributed by atoms with E-state index in [2.05, 4.69) is 27.3 Å². The van der Waals surface area contributed by atoms with Crippen molar-refractivity contribution in [3.63, 3.8) is 0 Å². The topological polar surface area (TPSA) is 65.5 Å². The maximum absolute atomic E-state index is 14.0. The van der Waals surface area contributed by atoms with Gasteiger partial charge in [-0.15, -0.1) is 0 Å². The van der Waals surface area contributed by atoms with Crippen LogP contribution in [-0.2, 0) is 17.6 Å². The lowest BCUT2D eigenvalue weighted by Crippen LogP contribution is -2.49. The normalized spacial score (nSPS) is 13.5. The van der Waals surface area contributed by atoms with Crippen LogP contribution in [0.2, 0.25) is 5.02 Å². The zero-order valence-electron chi connectivity index (χ0n) is 19.4. The number of amides is 2. The number of anilines is 1. The molecule has 8 heteroatoms. The molecule has 35 heavy (non-hydrogen) atoms. The van der Waals surface area contributed by atoms with E-state index in [1.807, 2.05) is 24.3 Å². The van der Waals surface area contributed by atoms with Gasteiger partial charge in [-0.25, -0.2) is 9.37 Å². The second kappa shape index (κ2) is 11.8. The van der Waals surface area contributed by atoms with Crippen LogP contribution in [0.4, 0.5) is 10.2 Å². The summed E-state index contributed by atoms with van der Waals surface area (Å²) in [6.45, 7) is 2.83. The number of nitrogens with one attached hydrogen (secondary N) is 1. The molecule has 1 N–H and O–H groups in total. The number of carbonyl (C=O) groups excluding carboxylic acids is 2. The van der Waals surface area contributed by atoms with E-state index in [1.165, 1.54) is 17.7 Å². The van der Waals surface area contributed by atoms with Crippen molar-refractivity contribution < 1.29 is 14.0 Å². The number of carbonyl (C=O) groups is 2. The zero-order valence-corrected chi connectivity index (χ0v) is 20.2. The number of rotatable bonds is 8. The fraction of sp³-hybridized carbons (Fsp3) is 0.296. The third kappa shape index (κ3) is 6.57. The van der Waals surface area contributed by atoms with Gasteiger partial charge in [0.05, 0.1) is 12.0 Å². The number of halogens is 2. The third-order valence-corrected chi connectivity index (χ3v) is 6.48. The highest BCUT2D eigenvalue weighted by atomic mass is 35.5. The molecule has 0 atom stereocenters. The molecule has 1 saturated heterocycles. The summed E-state index contributed by atoms with van der Waals surface area (Å²) in [6, 6.07) is 18.2. The predicted molar refractivity (Wildman–Crippen MR) is 135 cm³/mol. The molecule has 1 aliphatic heterocycles. The van der Waals surface area contributed by atoms with E-state index in [9.17, 15) is 14.0 Å². The van der Waals surface area contributed by atoms with E-state index in [1.54, 1.807) is 23.2 Å². The van der Waals surface area contributed by atoms with Gasteiger partial charge in [-0.1, -0.05) is 48.0 Å². The van der Waals surface area contributed by atoms with E-state index in [-0.39, 0.29) is 28.8 Å². The number of aromatic nitrogens is 1. The van der Waals surface area contributed by atoms with E-state index in [0.717, 1.165) is 18.7 Å². The molecule has 0 bridgehead atoms. The molecule has 0 saturated carbocycles. The molecule has 2 amide bonds.